The second kappa shape index (κ2) is 9.94. The summed E-state index contributed by atoms with van der Waals surface area (Å²) in [6.45, 7) is 7.02. The van der Waals surface area contributed by atoms with E-state index in [4.69, 9.17) is 0 Å². The monoisotopic (exact) mass is 484 g/mol. The molecule has 2 atom stereocenters. The van der Waals surface area contributed by atoms with Crippen molar-refractivity contribution >= 4 is 11.8 Å². The fraction of sp³-hybridized carbons (Fsp3) is 0.400. The van der Waals surface area contributed by atoms with Crippen LogP contribution >= 0.6 is 0 Å². The zero-order chi connectivity index (χ0) is 25.4. The maximum absolute atomic E-state index is 14.0. The summed E-state index contributed by atoms with van der Waals surface area (Å²) in [6.07, 6.45) is 3.93. The molecule has 2 aromatic carbocycles. The molecule has 3 aromatic rings. The van der Waals surface area contributed by atoms with Crippen LogP contribution in [0.5, 0.6) is 0 Å². The molecule has 3 heterocycles. The van der Waals surface area contributed by atoms with Gasteiger partial charge in [0.1, 0.15) is 0 Å². The van der Waals surface area contributed by atoms with Crippen LogP contribution in [0, 0.1) is 13.8 Å². The Morgan fingerprint density at radius 2 is 1.61 bits per heavy atom. The molecule has 1 fully saturated rings. The summed E-state index contributed by atoms with van der Waals surface area (Å²) in [5.74, 6) is -0.476. The fourth-order valence-electron chi connectivity index (χ4n) is 5.89. The molecule has 6 heteroatoms. The first-order chi connectivity index (χ1) is 17.3. The van der Waals surface area contributed by atoms with Crippen molar-refractivity contribution in [3.8, 4) is 0 Å². The Hall–Kier alpha value is -3.38. The standard InChI is InChI=1S/C30H36N4O2/c1-20-21(2)32(3)19-26(20)28-27(24-12-8-9-13-25(24)30(36)33(28)4)29(35)31-23-14-16-34(17-15-23)18-22-10-6-5-7-11-22/h5-13,19,23,27-28H,14-18H2,1-4H3,(H,31,35). The summed E-state index contributed by atoms with van der Waals surface area (Å²) in [7, 11) is 3.84. The van der Waals surface area contributed by atoms with Crippen LogP contribution in [0.2, 0.25) is 0 Å². The van der Waals surface area contributed by atoms with Crippen molar-refractivity contribution in [2.45, 2.75) is 51.2 Å². The third kappa shape index (κ3) is 4.46. The van der Waals surface area contributed by atoms with Gasteiger partial charge in [0.05, 0.1) is 12.0 Å². The van der Waals surface area contributed by atoms with E-state index >= 15 is 0 Å². The van der Waals surface area contributed by atoms with E-state index in [1.807, 2.05) is 44.4 Å². The first-order valence-electron chi connectivity index (χ1n) is 12.9. The Kier molecular flexibility index (Phi) is 6.71. The van der Waals surface area contributed by atoms with Crippen molar-refractivity contribution in [1.82, 2.24) is 19.7 Å². The van der Waals surface area contributed by atoms with Crippen molar-refractivity contribution in [3.05, 3.63) is 94.3 Å². The van der Waals surface area contributed by atoms with Crippen molar-refractivity contribution in [2.24, 2.45) is 7.05 Å². The number of hydrogen-bond donors (Lipinski definition) is 1. The van der Waals surface area contributed by atoms with Gasteiger partial charge in [-0.1, -0.05) is 48.5 Å². The lowest BCUT2D eigenvalue weighted by Crippen LogP contribution is -2.50. The van der Waals surface area contributed by atoms with Crippen LogP contribution in [0.25, 0.3) is 0 Å². The Balaban J connectivity index is 1.37. The number of nitrogens with one attached hydrogen (secondary N) is 1. The van der Waals surface area contributed by atoms with E-state index in [0.29, 0.717) is 5.56 Å². The highest BCUT2D eigenvalue weighted by atomic mass is 16.2. The number of likely N-dealkylation sites (N-methyl/N-ethyl adjacent to an activating group) is 1. The van der Waals surface area contributed by atoms with Gasteiger partial charge in [0, 0.05) is 57.2 Å². The van der Waals surface area contributed by atoms with Gasteiger partial charge in [-0.25, -0.2) is 0 Å². The number of carbonyl (C=O) groups excluding carboxylic acids is 2. The highest BCUT2D eigenvalue weighted by Crippen LogP contribution is 2.43. The van der Waals surface area contributed by atoms with Gasteiger partial charge in [-0.15, -0.1) is 0 Å². The van der Waals surface area contributed by atoms with Crippen molar-refractivity contribution in [2.75, 3.05) is 20.1 Å². The quantitative estimate of drug-likeness (QED) is 0.586. The van der Waals surface area contributed by atoms with Crippen LogP contribution in [0.3, 0.4) is 0 Å². The third-order valence-electron chi connectivity index (χ3n) is 8.20. The van der Waals surface area contributed by atoms with Crippen LogP contribution < -0.4 is 5.32 Å². The number of nitrogens with zero attached hydrogens (tertiary/aromatic N) is 3. The van der Waals surface area contributed by atoms with Crippen LogP contribution in [0.15, 0.2) is 60.8 Å². The molecule has 1 saturated heterocycles. The van der Waals surface area contributed by atoms with Gasteiger partial charge in [0.25, 0.3) is 5.91 Å². The molecule has 188 valence electrons. The van der Waals surface area contributed by atoms with E-state index in [1.165, 1.54) is 5.56 Å². The molecule has 2 amide bonds. The van der Waals surface area contributed by atoms with E-state index in [0.717, 1.165) is 54.9 Å². The molecular formula is C30H36N4O2. The molecule has 1 aromatic heterocycles. The van der Waals surface area contributed by atoms with Crippen LogP contribution in [0.1, 0.15) is 63.1 Å². The normalized spacial score (nSPS) is 20.9. The summed E-state index contributed by atoms with van der Waals surface area (Å²) < 4.78 is 2.08. The minimum absolute atomic E-state index is 0.00853. The number of aromatic nitrogens is 1. The van der Waals surface area contributed by atoms with E-state index < -0.39 is 5.92 Å². The molecule has 0 bridgehead atoms. The summed E-state index contributed by atoms with van der Waals surface area (Å²) in [6, 6.07) is 17.9. The second-order valence-electron chi connectivity index (χ2n) is 10.4. The summed E-state index contributed by atoms with van der Waals surface area (Å²) in [5.41, 5.74) is 6.09. The predicted octanol–water partition coefficient (Wildman–Crippen LogP) is 4.33. The molecule has 5 rings (SSSR count). The average Bonchev–Trinajstić information content (AvgIpc) is 3.14. The van der Waals surface area contributed by atoms with Crippen molar-refractivity contribution < 1.29 is 9.59 Å². The number of likely N-dealkylation sites (tertiary alicyclic amines) is 1. The van der Waals surface area contributed by atoms with Crippen molar-refractivity contribution in [1.29, 1.82) is 0 Å². The Morgan fingerprint density at radius 1 is 0.944 bits per heavy atom. The smallest absolute Gasteiger partial charge is 0.254 e. The summed E-state index contributed by atoms with van der Waals surface area (Å²) in [4.78, 5) is 31.5. The second-order valence-corrected chi connectivity index (χ2v) is 10.4. The van der Waals surface area contributed by atoms with Gasteiger partial charge in [-0.3, -0.25) is 14.5 Å². The van der Waals surface area contributed by atoms with E-state index in [1.54, 1.807) is 4.90 Å². The minimum atomic E-state index is -0.452. The van der Waals surface area contributed by atoms with E-state index in [-0.39, 0.29) is 23.9 Å². The molecule has 1 N–H and O–H groups in total. The maximum atomic E-state index is 14.0. The molecule has 2 aliphatic heterocycles. The van der Waals surface area contributed by atoms with Gasteiger partial charge >= 0.3 is 0 Å². The van der Waals surface area contributed by atoms with Gasteiger partial charge in [-0.2, -0.15) is 0 Å². The topological polar surface area (TPSA) is 57.6 Å². The number of hydrogen-bond acceptors (Lipinski definition) is 3. The van der Waals surface area contributed by atoms with Crippen LogP contribution in [0.4, 0.5) is 0 Å². The number of carbonyl (C=O) groups is 2. The van der Waals surface area contributed by atoms with Crippen molar-refractivity contribution in [3.63, 3.8) is 0 Å². The van der Waals surface area contributed by atoms with Gasteiger partial charge in [0.2, 0.25) is 5.91 Å². The summed E-state index contributed by atoms with van der Waals surface area (Å²) >= 11 is 0. The number of rotatable bonds is 5. The molecule has 0 radical (unpaired) electrons. The van der Waals surface area contributed by atoms with Gasteiger partial charge in [-0.05, 0) is 55.0 Å². The summed E-state index contributed by atoms with van der Waals surface area (Å²) in [5, 5.41) is 3.38. The zero-order valence-electron chi connectivity index (χ0n) is 21.7. The number of aryl methyl sites for hydroxylation is 1. The van der Waals surface area contributed by atoms with Gasteiger partial charge < -0.3 is 14.8 Å². The largest absolute Gasteiger partial charge is 0.354 e. The predicted molar refractivity (Wildman–Crippen MR) is 142 cm³/mol. The van der Waals surface area contributed by atoms with Crippen LogP contribution in [-0.2, 0) is 18.4 Å². The van der Waals surface area contributed by atoms with Gasteiger partial charge in [0.15, 0.2) is 0 Å². The lowest BCUT2D eigenvalue weighted by atomic mass is 9.79. The lowest BCUT2D eigenvalue weighted by molar-refractivity contribution is -0.125. The SMILES string of the molecule is Cc1c(C2C(C(=O)NC3CCN(Cc4ccccc4)CC3)c3ccccc3C(=O)N2C)cn(C)c1C. The number of piperidine rings is 1. The average molecular weight is 485 g/mol. The minimum Gasteiger partial charge on any atom is -0.354 e. The first kappa shape index (κ1) is 24.3. The maximum Gasteiger partial charge on any atom is 0.254 e. The zero-order valence-corrected chi connectivity index (χ0v) is 21.7. The molecule has 2 unspecified atom stereocenters. The first-order valence-corrected chi connectivity index (χ1v) is 12.9. The molecular weight excluding hydrogens is 448 g/mol. The van der Waals surface area contributed by atoms with Crippen LogP contribution in [-0.4, -0.2) is 52.4 Å². The highest BCUT2D eigenvalue weighted by molar-refractivity contribution is 6.01. The molecule has 0 aliphatic carbocycles. The molecule has 36 heavy (non-hydrogen) atoms. The lowest BCUT2D eigenvalue weighted by Gasteiger charge is -2.41. The number of fused-ring (bicyclic) bond motifs is 1. The number of amides is 2. The molecule has 6 nitrogen and oxygen atoms in total. The fourth-order valence-corrected chi connectivity index (χ4v) is 5.89. The Morgan fingerprint density at radius 3 is 2.28 bits per heavy atom. The molecule has 0 saturated carbocycles. The van der Waals surface area contributed by atoms with E-state index in [2.05, 4.69) is 59.1 Å². The number of benzene rings is 2. The molecule has 0 spiro atoms. The highest BCUT2D eigenvalue weighted by Gasteiger charge is 2.44. The third-order valence-corrected chi connectivity index (χ3v) is 8.20. The van der Waals surface area contributed by atoms with E-state index in [9.17, 15) is 9.59 Å². The molecule has 2 aliphatic rings. The Labute approximate surface area is 213 Å². The Bertz CT molecular complexity index is 1260.